The quantitative estimate of drug-likeness (QED) is 0.553. The maximum atomic E-state index is 12.8. The second kappa shape index (κ2) is 7.32. The van der Waals surface area contributed by atoms with Crippen LogP contribution in [0, 0.1) is 3.57 Å². The van der Waals surface area contributed by atoms with Gasteiger partial charge >= 0.3 is 5.97 Å². The summed E-state index contributed by atoms with van der Waals surface area (Å²) in [5.74, 6) is -0.585. The Morgan fingerprint density at radius 1 is 1.28 bits per heavy atom. The molecule has 1 aliphatic carbocycles. The van der Waals surface area contributed by atoms with Crippen LogP contribution in [0.25, 0.3) is 0 Å². The molecule has 5 heteroatoms. The van der Waals surface area contributed by atoms with Crippen LogP contribution in [0.4, 0.5) is 0 Å². The van der Waals surface area contributed by atoms with Gasteiger partial charge in [-0.1, -0.05) is 18.2 Å². The summed E-state index contributed by atoms with van der Waals surface area (Å²) >= 11 is 2.27. The summed E-state index contributed by atoms with van der Waals surface area (Å²) in [7, 11) is 0. The van der Waals surface area contributed by atoms with Gasteiger partial charge in [0.15, 0.2) is 5.78 Å². The van der Waals surface area contributed by atoms with Crippen molar-refractivity contribution in [3.63, 3.8) is 0 Å². The molecule has 132 valence electrons. The lowest BCUT2D eigenvalue weighted by Crippen LogP contribution is -2.35. The average molecular weight is 451 g/mol. The SMILES string of the molecule is CC1=C(C(=O)OC(C)C)[C@@H](c2ccccc2I)C2=C(CCCC2=O)N1. The van der Waals surface area contributed by atoms with E-state index in [4.69, 9.17) is 4.74 Å². The molecule has 0 fully saturated rings. The minimum absolute atomic E-state index is 0.126. The number of halogens is 1. The molecule has 1 heterocycles. The Hall–Kier alpha value is -1.63. The van der Waals surface area contributed by atoms with Crippen LogP contribution >= 0.6 is 22.6 Å². The van der Waals surface area contributed by atoms with Gasteiger partial charge in [-0.25, -0.2) is 4.79 Å². The van der Waals surface area contributed by atoms with E-state index in [1.165, 1.54) is 0 Å². The van der Waals surface area contributed by atoms with Crippen molar-refractivity contribution in [2.45, 2.75) is 52.1 Å². The van der Waals surface area contributed by atoms with Gasteiger partial charge in [0.2, 0.25) is 0 Å². The number of rotatable bonds is 3. The molecule has 2 aliphatic rings. The molecule has 25 heavy (non-hydrogen) atoms. The highest BCUT2D eigenvalue weighted by Crippen LogP contribution is 2.43. The maximum absolute atomic E-state index is 12.8. The predicted molar refractivity (Wildman–Crippen MR) is 105 cm³/mol. The third-order valence-corrected chi connectivity index (χ3v) is 5.54. The van der Waals surface area contributed by atoms with Crippen LogP contribution in [-0.4, -0.2) is 17.9 Å². The van der Waals surface area contributed by atoms with Gasteiger partial charge in [-0.15, -0.1) is 0 Å². The fourth-order valence-electron chi connectivity index (χ4n) is 3.55. The molecule has 3 rings (SSSR count). The molecule has 0 unspecified atom stereocenters. The Balaban J connectivity index is 2.17. The first kappa shape index (κ1) is 18.2. The van der Waals surface area contributed by atoms with Crippen molar-refractivity contribution in [1.82, 2.24) is 5.32 Å². The minimum atomic E-state index is -0.358. The van der Waals surface area contributed by atoms with E-state index in [1.54, 1.807) is 0 Å². The molecule has 0 radical (unpaired) electrons. The first-order valence-corrected chi connectivity index (χ1v) is 9.67. The minimum Gasteiger partial charge on any atom is -0.460 e. The van der Waals surface area contributed by atoms with Crippen molar-refractivity contribution in [1.29, 1.82) is 0 Å². The van der Waals surface area contributed by atoms with Crippen molar-refractivity contribution >= 4 is 34.3 Å². The number of nitrogens with one attached hydrogen (secondary N) is 1. The zero-order chi connectivity index (χ0) is 18.1. The molecule has 1 aromatic carbocycles. The van der Waals surface area contributed by atoms with E-state index in [2.05, 4.69) is 27.9 Å². The normalized spacial score (nSPS) is 20.5. The number of carbonyl (C=O) groups excluding carboxylic acids is 2. The highest BCUT2D eigenvalue weighted by molar-refractivity contribution is 14.1. The Labute approximate surface area is 161 Å². The van der Waals surface area contributed by atoms with Gasteiger partial charge in [-0.05, 0) is 67.8 Å². The van der Waals surface area contributed by atoms with Crippen LogP contribution in [0.1, 0.15) is 51.5 Å². The number of ether oxygens (including phenoxy) is 1. The Morgan fingerprint density at radius 3 is 2.68 bits per heavy atom. The molecule has 1 atom stereocenters. The Morgan fingerprint density at radius 2 is 2.00 bits per heavy atom. The van der Waals surface area contributed by atoms with E-state index in [-0.39, 0.29) is 23.8 Å². The van der Waals surface area contributed by atoms with Gasteiger partial charge in [0.1, 0.15) is 0 Å². The number of esters is 1. The molecule has 0 saturated carbocycles. The maximum Gasteiger partial charge on any atom is 0.337 e. The van der Waals surface area contributed by atoms with Crippen molar-refractivity contribution in [2.24, 2.45) is 0 Å². The number of ketones is 1. The first-order valence-electron chi connectivity index (χ1n) is 8.59. The summed E-state index contributed by atoms with van der Waals surface area (Å²) in [4.78, 5) is 25.6. The standard InChI is InChI=1S/C20H22INO3/c1-11(2)25-20(24)17-12(3)22-15-9-6-10-16(23)19(15)18(17)13-7-4-5-8-14(13)21/h4-5,7-8,11,18,22H,6,9-10H2,1-3H3/t18-/m1/s1. The van der Waals surface area contributed by atoms with E-state index in [1.807, 2.05) is 45.0 Å². The average Bonchev–Trinajstić information content (AvgIpc) is 2.53. The second-order valence-electron chi connectivity index (χ2n) is 6.74. The van der Waals surface area contributed by atoms with E-state index in [9.17, 15) is 9.59 Å². The van der Waals surface area contributed by atoms with E-state index in [0.29, 0.717) is 12.0 Å². The summed E-state index contributed by atoms with van der Waals surface area (Å²) in [5, 5.41) is 3.31. The first-order chi connectivity index (χ1) is 11.9. The lowest BCUT2D eigenvalue weighted by atomic mass is 9.75. The van der Waals surface area contributed by atoms with Crippen molar-refractivity contribution in [3.8, 4) is 0 Å². The molecule has 1 aliphatic heterocycles. The highest BCUT2D eigenvalue weighted by atomic mass is 127. The monoisotopic (exact) mass is 451 g/mol. The number of Topliss-reactive ketones (excluding diaryl/α,β-unsaturated/α-hetero) is 1. The van der Waals surface area contributed by atoms with Gasteiger partial charge in [0, 0.05) is 32.9 Å². The Bertz CT molecular complexity index is 792. The number of carbonyl (C=O) groups is 2. The molecule has 0 bridgehead atoms. The predicted octanol–water partition coefficient (Wildman–Crippen LogP) is 4.21. The number of dihydropyridines is 1. The molecular formula is C20H22INO3. The topological polar surface area (TPSA) is 55.4 Å². The number of benzene rings is 1. The molecule has 4 nitrogen and oxygen atoms in total. The lowest BCUT2D eigenvalue weighted by Gasteiger charge is -2.34. The largest absolute Gasteiger partial charge is 0.460 e. The second-order valence-corrected chi connectivity index (χ2v) is 7.90. The molecule has 0 saturated heterocycles. The summed E-state index contributed by atoms with van der Waals surface area (Å²) in [6.45, 7) is 5.56. The van der Waals surface area contributed by atoms with Crippen LogP contribution in [0.3, 0.4) is 0 Å². The van der Waals surface area contributed by atoms with Gasteiger partial charge in [0.05, 0.1) is 11.7 Å². The van der Waals surface area contributed by atoms with Gasteiger partial charge in [0.25, 0.3) is 0 Å². The third kappa shape index (κ3) is 3.52. The lowest BCUT2D eigenvalue weighted by molar-refractivity contribution is -0.143. The number of hydrogen-bond donors (Lipinski definition) is 1. The Kier molecular flexibility index (Phi) is 5.32. The van der Waals surface area contributed by atoms with Crippen LogP contribution in [0.5, 0.6) is 0 Å². The molecule has 0 amide bonds. The molecule has 0 spiro atoms. The van der Waals surface area contributed by atoms with Gasteiger partial charge in [-0.3, -0.25) is 4.79 Å². The van der Waals surface area contributed by atoms with Crippen LogP contribution < -0.4 is 5.32 Å². The van der Waals surface area contributed by atoms with Crippen molar-refractivity contribution in [3.05, 3.63) is 55.9 Å². The number of allylic oxidation sites excluding steroid dienone is 3. The van der Waals surface area contributed by atoms with E-state index >= 15 is 0 Å². The third-order valence-electron chi connectivity index (χ3n) is 4.55. The smallest absolute Gasteiger partial charge is 0.337 e. The zero-order valence-corrected chi connectivity index (χ0v) is 16.8. The van der Waals surface area contributed by atoms with Crippen LogP contribution in [0.2, 0.25) is 0 Å². The van der Waals surface area contributed by atoms with Gasteiger partial charge in [-0.2, -0.15) is 0 Å². The summed E-state index contributed by atoms with van der Waals surface area (Å²) < 4.78 is 6.54. The summed E-state index contributed by atoms with van der Waals surface area (Å²) in [6.07, 6.45) is 2.01. The molecule has 1 aromatic rings. The van der Waals surface area contributed by atoms with Crippen molar-refractivity contribution < 1.29 is 14.3 Å². The molecular weight excluding hydrogens is 429 g/mol. The zero-order valence-electron chi connectivity index (χ0n) is 14.7. The van der Waals surface area contributed by atoms with E-state index < -0.39 is 0 Å². The molecule has 0 aromatic heterocycles. The fourth-order valence-corrected chi connectivity index (χ4v) is 4.25. The van der Waals surface area contributed by atoms with Crippen LogP contribution in [-0.2, 0) is 14.3 Å². The van der Waals surface area contributed by atoms with Gasteiger partial charge < -0.3 is 10.1 Å². The van der Waals surface area contributed by atoms with Crippen molar-refractivity contribution in [2.75, 3.05) is 0 Å². The highest BCUT2D eigenvalue weighted by Gasteiger charge is 2.39. The number of hydrogen-bond acceptors (Lipinski definition) is 4. The summed E-state index contributed by atoms with van der Waals surface area (Å²) in [6, 6.07) is 7.92. The summed E-state index contributed by atoms with van der Waals surface area (Å²) in [5.41, 5.74) is 4.01. The molecule has 1 N–H and O–H groups in total. The van der Waals surface area contributed by atoms with E-state index in [0.717, 1.165) is 38.9 Å². The fraction of sp³-hybridized carbons (Fsp3) is 0.400. The van der Waals surface area contributed by atoms with Crippen LogP contribution in [0.15, 0.2) is 46.8 Å².